The number of aromatic nitrogens is 1. The molecule has 0 saturated carbocycles. The molecule has 0 amide bonds. The van der Waals surface area contributed by atoms with Gasteiger partial charge in [0.15, 0.2) is 0 Å². The minimum absolute atomic E-state index is 0.616. The first-order valence-electron chi connectivity index (χ1n) is 6.94. The highest BCUT2D eigenvalue weighted by Crippen LogP contribution is 2.34. The average Bonchev–Trinajstić information content (AvgIpc) is 2.49. The number of thioether (sulfide) groups is 1. The Hall–Kier alpha value is -1.58. The maximum absolute atomic E-state index is 6.20. The van der Waals surface area contributed by atoms with Crippen LogP contribution in [-0.4, -0.2) is 10.7 Å². The summed E-state index contributed by atoms with van der Waals surface area (Å²) < 4.78 is 0. The van der Waals surface area contributed by atoms with Crippen molar-refractivity contribution in [3.8, 4) is 0 Å². The summed E-state index contributed by atoms with van der Waals surface area (Å²) in [5.41, 5.74) is 3.02. The Labute approximate surface area is 142 Å². The van der Waals surface area contributed by atoms with Crippen molar-refractivity contribution in [2.24, 2.45) is 4.99 Å². The number of nitrogens with zero attached hydrogens (tertiary/aromatic N) is 2. The van der Waals surface area contributed by atoms with Gasteiger partial charge in [-0.2, -0.15) is 0 Å². The predicted molar refractivity (Wildman–Crippen MR) is 101 cm³/mol. The van der Waals surface area contributed by atoms with E-state index in [-0.39, 0.29) is 0 Å². The third-order valence-electron chi connectivity index (χ3n) is 2.78. The number of hydrogen-bond donors (Lipinski definition) is 0. The zero-order valence-electron chi connectivity index (χ0n) is 13.3. The van der Waals surface area contributed by atoms with Gasteiger partial charge >= 0.3 is 0 Å². The quantitative estimate of drug-likeness (QED) is 0.439. The number of allylic oxidation sites excluding steroid dienone is 3. The second kappa shape index (κ2) is 8.76. The van der Waals surface area contributed by atoms with Crippen molar-refractivity contribution >= 4 is 34.8 Å². The Kier molecular flexibility index (Phi) is 7.36. The van der Waals surface area contributed by atoms with Crippen LogP contribution in [0.3, 0.4) is 0 Å². The van der Waals surface area contributed by atoms with E-state index in [0.717, 1.165) is 33.2 Å². The van der Waals surface area contributed by atoms with E-state index < -0.39 is 0 Å². The van der Waals surface area contributed by atoms with Gasteiger partial charge in [0.2, 0.25) is 0 Å². The molecule has 0 aliphatic carbocycles. The highest BCUT2D eigenvalue weighted by molar-refractivity contribution is 8.07. The first-order chi connectivity index (χ1) is 10.4. The van der Waals surface area contributed by atoms with Crippen molar-refractivity contribution in [1.29, 1.82) is 0 Å². The molecule has 1 heterocycles. The van der Waals surface area contributed by atoms with E-state index in [1.54, 1.807) is 6.20 Å². The fraction of sp³-hybridized carbons (Fsp3) is 0.222. The van der Waals surface area contributed by atoms with E-state index in [4.69, 9.17) is 11.6 Å². The molecule has 0 aromatic carbocycles. The van der Waals surface area contributed by atoms with Crippen molar-refractivity contribution in [3.05, 3.63) is 70.2 Å². The molecule has 0 spiro atoms. The zero-order chi connectivity index (χ0) is 16.7. The number of rotatable bonds is 7. The molecule has 0 radical (unpaired) electrons. The lowest BCUT2D eigenvalue weighted by Gasteiger charge is -2.14. The van der Waals surface area contributed by atoms with E-state index in [2.05, 4.69) is 29.7 Å². The van der Waals surface area contributed by atoms with Gasteiger partial charge in [0.25, 0.3) is 0 Å². The largest absolute Gasteiger partial charge is 0.255 e. The highest BCUT2D eigenvalue weighted by Gasteiger charge is 2.13. The van der Waals surface area contributed by atoms with Gasteiger partial charge in [0, 0.05) is 27.4 Å². The van der Waals surface area contributed by atoms with Gasteiger partial charge in [-0.1, -0.05) is 56.1 Å². The van der Waals surface area contributed by atoms with Crippen molar-refractivity contribution in [2.75, 3.05) is 0 Å². The van der Waals surface area contributed by atoms with E-state index in [1.165, 1.54) is 11.8 Å². The fourth-order valence-corrected chi connectivity index (χ4v) is 2.72. The minimum Gasteiger partial charge on any atom is -0.255 e. The van der Waals surface area contributed by atoms with Gasteiger partial charge in [0.1, 0.15) is 0 Å². The first kappa shape index (κ1) is 18.5. The molecule has 0 aliphatic heterocycles. The topological polar surface area (TPSA) is 25.2 Å². The predicted octanol–water partition coefficient (Wildman–Crippen LogP) is 6.20. The van der Waals surface area contributed by atoms with E-state index in [1.807, 2.05) is 39.0 Å². The molecule has 2 nitrogen and oxygen atoms in total. The van der Waals surface area contributed by atoms with Crippen molar-refractivity contribution in [1.82, 2.24) is 4.98 Å². The molecule has 0 N–H and O–H groups in total. The second-order valence-corrected chi connectivity index (χ2v) is 6.60. The lowest BCUT2D eigenvalue weighted by molar-refractivity contribution is 1.23. The summed E-state index contributed by atoms with van der Waals surface area (Å²) in [6, 6.07) is 5.66. The standard InChI is InChI=1S/C18H21ClN2S/c1-7-16(13(4)18(14(5)19)22-12(2)3)21-15(6)17-10-8-9-11-20-17/h8-11H,2,4,6-7H2,1,3,5H3/b18-14+,21-16+. The van der Waals surface area contributed by atoms with Gasteiger partial charge in [-0.15, -0.1) is 0 Å². The van der Waals surface area contributed by atoms with Crippen LogP contribution in [0.5, 0.6) is 0 Å². The van der Waals surface area contributed by atoms with Crippen LogP contribution in [0, 0.1) is 0 Å². The maximum atomic E-state index is 6.20. The summed E-state index contributed by atoms with van der Waals surface area (Å²) in [4.78, 5) is 10.7. The van der Waals surface area contributed by atoms with Gasteiger partial charge in [-0.3, -0.25) is 9.98 Å². The normalized spacial score (nSPS) is 12.6. The molecule has 1 aromatic rings. The van der Waals surface area contributed by atoms with Crippen LogP contribution in [0.2, 0.25) is 0 Å². The summed E-state index contributed by atoms with van der Waals surface area (Å²) in [7, 11) is 0. The van der Waals surface area contributed by atoms with Crippen LogP contribution < -0.4 is 0 Å². The van der Waals surface area contributed by atoms with Crippen LogP contribution in [0.15, 0.2) is 69.5 Å². The molecule has 22 heavy (non-hydrogen) atoms. The van der Waals surface area contributed by atoms with Crippen molar-refractivity contribution in [2.45, 2.75) is 27.2 Å². The van der Waals surface area contributed by atoms with E-state index in [9.17, 15) is 0 Å². The zero-order valence-corrected chi connectivity index (χ0v) is 14.9. The summed E-state index contributed by atoms with van der Waals surface area (Å²) in [5.74, 6) is 0. The molecule has 4 heteroatoms. The van der Waals surface area contributed by atoms with Gasteiger partial charge in [-0.05, 0) is 37.3 Å². The van der Waals surface area contributed by atoms with Gasteiger partial charge in [-0.25, -0.2) is 0 Å². The molecule has 0 fully saturated rings. The van der Waals surface area contributed by atoms with Crippen LogP contribution in [0.25, 0.3) is 5.70 Å². The SMILES string of the molecule is C=C(C)S/C(C(=C)/C(CC)=N/C(=C)c1ccccn1)=C(\C)Cl. The van der Waals surface area contributed by atoms with Crippen LogP contribution >= 0.6 is 23.4 Å². The molecule has 1 aromatic heterocycles. The molecular formula is C18H21ClN2S. The van der Waals surface area contributed by atoms with Crippen LogP contribution in [0.4, 0.5) is 0 Å². The number of pyridine rings is 1. The third-order valence-corrected chi connectivity index (χ3v) is 4.18. The smallest absolute Gasteiger partial charge is 0.0880 e. The number of halogens is 1. The van der Waals surface area contributed by atoms with Crippen molar-refractivity contribution < 1.29 is 0 Å². The molecule has 0 bridgehead atoms. The number of hydrogen-bond acceptors (Lipinski definition) is 3. The van der Waals surface area contributed by atoms with Gasteiger partial charge in [0.05, 0.1) is 11.4 Å². The summed E-state index contributed by atoms with van der Waals surface area (Å²) in [6.07, 6.45) is 2.46. The average molecular weight is 333 g/mol. The highest BCUT2D eigenvalue weighted by atomic mass is 35.5. The monoisotopic (exact) mass is 332 g/mol. The first-order valence-corrected chi connectivity index (χ1v) is 8.13. The second-order valence-electron chi connectivity index (χ2n) is 4.72. The maximum Gasteiger partial charge on any atom is 0.0880 e. The number of aliphatic imine (C=N–C) groups is 1. The summed E-state index contributed by atoms with van der Waals surface area (Å²) >= 11 is 7.71. The van der Waals surface area contributed by atoms with Crippen LogP contribution in [0.1, 0.15) is 32.9 Å². The Balaban J connectivity index is 3.11. The lowest BCUT2D eigenvalue weighted by atomic mass is 10.1. The molecule has 0 unspecified atom stereocenters. The molecule has 0 saturated heterocycles. The van der Waals surface area contributed by atoms with Gasteiger partial charge < -0.3 is 0 Å². The summed E-state index contributed by atoms with van der Waals surface area (Å²) in [6.45, 7) is 17.9. The lowest BCUT2D eigenvalue weighted by Crippen LogP contribution is -2.03. The Morgan fingerprint density at radius 1 is 1.27 bits per heavy atom. The Bertz CT molecular complexity index is 638. The van der Waals surface area contributed by atoms with E-state index >= 15 is 0 Å². The van der Waals surface area contributed by atoms with Crippen molar-refractivity contribution in [3.63, 3.8) is 0 Å². The molecule has 0 aliphatic rings. The molecule has 0 atom stereocenters. The molecule has 116 valence electrons. The summed E-state index contributed by atoms with van der Waals surface area (Å²) in [5, 5.41) is 0.683. The molecular weight excluding hydrogens is 312 g/mol. The molecule has 1 rings (SSSR count). The van der Waals surface area contributed by atoms with Crippen LogP contribution in [-0.2, 0) is 0 Å². The third kappa shape index (κ3) is 5.32. The fourth-order valence-electron chi connectivity index (χ4n) is 1.76. The minimum atomic E-state index is 0.616. The Morgan fingerprint density at radius 2 is 1.95 bits per heavy atom. The Morgan fingerprint density at radius 3 is 2.41 bits per heavy atom. The van der Waals surface area contributed by atoms with E-state index in [0.29, 0.717) is 10.7 Å².